The van der Waals surface area contributed by atoms with Gasteiger partial charge in [-0.3, -0.25) is 43.3 Å². The summed E-state index contributed by atoms with van der Waals surface area (Å²) in [6.45, 7) is -5.99. The zero-order valence-corrected chi connectivity index (χ0v) is 37.1. The van der Waals surface area contributed by atoms with Gasteiger partial charge in [0.25, 0.3) is 39.1 Å². The van der Waals surface area contributed by atoms with Crippen molar-refractivity contribution in [2.24, 2.45) is 5.92 Å². The van der Waals surface area contributed by atoms with Crippen LogP contribution in [0.3, 0.4) is 0 Å². The molecule has 0 saturated carbocycles. The van der Waals surface area contributed by atoms with Gasteiger partial charge in [-0.15, -0.1) is 0 Å². The standard InChI is InChI=1S/C20H50N3O23P5.C2H7O4P.2CH4/c1-21-15-36-9-18(14-47(25,26)27)10-43-48(28,29)39-4-7-42-51(34,35)46-20(12-38-17-23-3)13-44-49(30,31)40-5-6-41-50(32,33)45-19(8-24)11-37-16-22-2;1-2-6-7(3,4)5;;/h18-24H,4-17H2,1-3H3,(H,28,29)(H,30,31)(H,32,33)(H,34,35)(H2,25,26,27);2H2,1H3,(H2,3,4,5);2*1H4/p-5. The van der Waals surface area contributed by atoms with Crippen molar-refractivity contribution in [2.45, 2.75) is 34.0 Å². The van der Waals surface area contributed by atoms with Crippen LogP contribution in [-0.4, -0.2) is 152 Å². The summed E-state index contributed by atoms with van der Waals surface area (Å²) in [5.41, 5.74) is 0. The highest BCUT2D eigenvalue weighted by molar-refractivity contribution is 7.51. The Morgan fingerprint density at radius 3 is 1.23 bits per heavy atom. The van der Waals surface area contributed by atoms with Gasteiger partial charge in [0.2, 0.25) is 0 Å². The maximum absolute atomic E-state index is 12.3. The normalized spacial score (nSPS) is 18.4. The molecular formula is C24H60N3O27P6-5. The second-order valence-electron chi connectivity index (χ2n) is 10.6. The molecule has 60 heavy (non-hydrogen) atoms. The molecule has 0 aliphatic rings. The topological polar surface area (TPSA) is 445 Å². The van der Waals surface area contributed by atoms with E-state index in [1.807, 2.05) is 0 Å². The van der Waals surface area contributed by atoms with Crippen molar-refractivity contribution < 1.29 is 127 Å². The molecule has 0 aromatic heterocycles. The summed E-state index contributed by atoms with van der Waals surface area (Å²) in [6.07, 6.45) is -3.75. The van der Waals surface area contributed by atoms with Crippen molar-refractivity contribution in [2.75, 3.05) is 120 Å². The molecule has 368 valence electrons. The molecule has 36 heteroatoms. The number of nitrogens with one attached hydrogen (secondary N) is 3. The lowest BCUT2D eigenvalue weighted by Gasteiger charge is -2.31. The van der Waals surface area contributed by atoms with Crippen LogP contribution in [0, 0.1) is 5.92 Å². The number of rotatable bonds is 37. The van der Waals surface area contributed by atoms with Crippen LogP contribution in [0.25, 0.3) is 0 Å². The Hall–Kier alpha value is 0.420. The highest BCUT2D eigenvalue weighted by atomic mass is 31.2. The van der Waals surface area contributed by atoms with Gasteiger partial charge in [0.15, 0.2) is 0 Å². The SMILES string of the molecule is C.C.CCOP(=O)([O-])O.CNCOCC(COP(=O)([O-])OCCOP(=O)([O-])OC(COCNC)COP(=O)([O-])OCCOP(=O)([O-])OC(CO)COCNC)CP(=O)(O)O. The van der Waals surface area contributed by atoms with E-state index in [0.717, 1.165) is 0 Å². The highest BCUT2D eigenvalue weighted by Crippen LogP contribution is 2.45. The first-order valence-electron chi connectivity index (χ1n) is 16.2. The molecule has 0 amide bonds. The number of aliphatic hydroxyl groups excluding tert-OH is 1. The van der Waals surface area contributed by atoms with Gasteiger partial charge in [-0.05, 0) is 28.1 Å². The van der Waals surface area contributed by atoms with Crippen LogP contribution in [0.15, 0.2) is 0 Å². The summed E-state index contributed by atoms with van der Waals surface area (Å²) >= 11 is 0. The van der Waals surface area contributed by atoms with E-state index >= 15 is 0 Å². The largest absolute Gasteiger partial charge is 0.756 e. The molecule has 8 unspecified atom stereocenters. The minimum atomic E-state index is -5.31. The quantitative estimate of drug-likeness (QED) is 0.0184. The first-order chi connectivity index (χ1) is 26.7. The molecule has 0 bridgehead atoms. The molecule has 0 aromatic carbocycles. The number of aliphatic hydroxyl groups is 1. The molecule has 0 heterocycles. The maximum Gasteiger partial charge on any atom is 0.326 e. The Balaban J connectivity index is -0.00000159. The van der Waals surface area contributed by atoms with Crippen molar-refractivity contribution in [3.05, 3.63) is 0 Å². The number of hydrogen-bond acceptors (Lipinski definition) is 27. The van der Waals surface area contributed by atoms with E-state index in [9.17, 15) is 66.8 Å². The smallest absolute Gasteiger partial charge is 0.326 e. The average molecular weight is 1010 g/mol. The molecule has 7 N–H and O–H groups in total. The summed E-state index contributed by atoms with van der Waals surface area (Å²) in [5.74, 6) is -1.06. The lowest BCUT2D eigenvalue weighted by atomic mass is 10.2. The first-order valence-corrected chi connectivity index (χ1v) is 25.4. The van der Waals surface area contributed by atoms with Crippen molar-refractivity contribution in [1.82, 2.24) is 16.0 Å². The molecule has 0 aliphatic carbocycles. The number of phosphoric ester groups is 5. The predicted octanol–water partition coefficient (Wildman–Crippen LogP) is -3.15. The van der Waals surface area contributed by atoms with Crippen molar-refractivity contribution in [3.63, 3.8) is 0 Å². The lowest BCUT2D eigenvalue weighted by Crippen LogP contribution is -2.30. The minimum Gasteiger partial charge on any atom is -0.756 e. The molecule has 0 aromatic rings. The average Bonchev–Trinajstić information content (AvgIpc) is 3.09. The molecule has 8 atom stereocenters. The molecule has 0 rings (SSSR count). The summed E-state index contributed by atoms with van der Waals surface area (Å²) in [6, 6.07) is 0. The number of hydrogen-bond donors (Lipinski definition) is 7. The Morgan fingerprint density at radius 1 is 0.517 bits per heavy atom. The number of phosphoric acid groups is 5. The van der Waals surface area contributed by atoms with Gasteiger partial charge in [0.05, 0.1) is 99.0 Å². The molecule has 0 saturated heterocycles. The van der Waals surface area contributed by atoms with Gasteiger partial charge in [-0.25, -0.2) is 0 Å². The van der Waals surface area contributed by atoms with Gasteiger partial charge in [-0.2, -0.15) is 0 Å². The van der Waals surface area contributed by atoms with Gasteiger partial charge < -0.3 is 99.2 Å². The molecule has 0 spiro atoms. The Morgan fingerprint density at radius 2 is 0.883 bits per heavy atom. The molecular weight excluding hydrogens is 948 g/mol. The van der Waals surface area contributed by atoms with Crippen LogP contribution in [0.2, 0.25) is 0 Å². The lowest BCUT2D eigenvalue weighted by molar-refractivity contribution is -0.243. The Kier molecular flexibility index (Phi) is 39.8. The zero-order chi connectivity index (χ0) is 44.9. The minimum absolute atomic E-state index is 0. The van der Waals surface area contributed by atoms with Gasteiger partial charge in [0.1, 0.15) is 12.2 Å². The molecule has 0 fully saturated rings. The second-order valence-corrected chi connectivity index (χ2v) is 19.0. The highest BCUT2D eigenvalue weighted by Gasteiger charge is 2.26. The summed E-state index contributed by atoms with van der Waals surface area (Å²) < 4.78 is 125. The molecule has 0 radical (unpaired) electrons. The van der Waals surface area contributed by atoms with Crippen LogP contribution < -0.4 is 40.4 Å². The van der Waals surface area contributed by atoms with E-state index in [4.69, 9.17) is 23.6 Å². The fraction of sp³-hybridized carbons (Fsp3) is 1.00. The van der Waals surface area contributed by atoms with Crippen LogP contribution in [-0.2, 0) is 82.3 Å². The Bertz CT molecular complexity index is 1360. The third kappa shape index (κ3) is 43.7. The van der Waals surface area contributed by atoms with Crippen LogP contribution in [0.1, 0.15) is 21.8 Å². The summed E-state index contributed by atoms with van der Waals surface area (Å²) in [7, 11) is -25.1. The number of ether oxygens (including phenoxy) is 3. The zero-order valence-electron chi connectivity index (χ0n) is 31.7. The molecule has 0 aliphatic heterocycles. The van der Waals surface area contributed by atoms with Crippen LogP contribution >= 0.6 is 46.7 Å². The summed E-state index contributed by atoms with van der Waals surface area (Å²) in [5, 5.41) is 17.0. The predicted molar refractivity (Wildman–Crippen MR) is 198 cm³/mol. The van der Waals surface area contributed by atoms with E-state index in [1.165, 1.54) is 21.0 Å². The van der Waals surface area contributed by atoms with Gasteiger partial charge in [0, 0.05) is 5.92 Å². The van der Waals surface area contributed by atoms with Gasteiger partial charge in [-0.1, -0.05) is 14.9 Å². The Labute approximate surface area is 349 Å². The first kappa shape index (κ1) is 67.0. The van der Waals surface area contributed by atoms with E-state index in [-0.39, 0.29) is 54.9 Å². The third-order valence-electron chi connectivity index (χ3n) is 5.30. The van der Waals surface area contributed by atoms with Crippen molar-refractivity contribution in [1.29, 1.82) is 0 Å². The van der Waals surface area contributed by atoms with E-state index < -0.39 is 124 Å². The van der Waals surface area contributed by atoms with E-state index in [2.05, 4.69) is 52.1 Å². The van der Waals surface area contributed by atoms with E-state index in [0.29, 0.717) is 0 Å². The van der Waals surface area contributed by atoms with Crippen molar-refractivity contribution in [3.8, 4) is 0 Å². The van der Waals surface area contributed by atoms with E-state index in [1.54, 1.807) is 7.05 Å². The maximum atomic E-state index is 12.3. The molecule has 30 nitrogen and oxygen atoms in total. The van der Waals surface area contributed by atoms with Gasteiger partial charge >= 0.3 is 7.60 Å². The fourth-order valence-electron chi connectivity index (χ4n) is 3.26. The fourth-order valence-corrected chi connectivity index (χ4v) is 7.65. The second kappa shape index (κ2) is 35.7. The van der Waals surface area contributed by atoms with Crippen molar-refractivity contribution >= 4 is 46.7 Å². The summed E-state index contributed by atoms with van der Waals surface area (Å²) in [4.78, 5) is 84.1. The van der Waals surface area contributed by atoms with Crippen LogP contribution in [0.4, 0.5) is 0 Å². The third-order valence-corrected chi connectivity index (χ3v) is 10.9. The monoisotopic (exact) mass is 1010 g/mol. The van der Waals surface area contributed by atoms with Crippen LogP contribution in [0.5, 0.6) is 0 Å².